The van der Waals surface area contributed by atoms with Crippen molar-refractivity contribution < 1.29 is 19.1 Å². The average Bonchev–Trinajstić information content (AvgIpc) is 3.24. The summed E-state index contributed by atoms with van der Waals surface area (Å²) in [5.41, 5.74) is 3.24. The summed E-state index contributed by atoms with van der Waals surface area (Å²) in [7, 11) is 0. The van der Waals surface area contributed by atoms with Gasteiger partial charge >= 0.3 is 5.97 Å². The molecule has 0 aliphatic carbocycles. The van der Waals surface area contributed by atoms with Crippen LogP contribution in [0.2, 0.25) is 0 Å². The number of benzene rings is 2. The van der Waals surface area contributed by atoms with Crippen LogP contribution in [0.3, 0.4) is 0 Å². The number of carbonyl (C=O) groups excluding carboxylic acids is 2. The summed E-state index contributed by atoms with van der Waals surface area (Å²) in [6, 6.07) is 14.8. The van der Waals surface area contributed by atoms with E-state index in [1.165, 1.54) is 4.90 Å². The first-order valence-corrected chi connectivity index (χ1v) is 11.1. The molecular formula is C24H24N2O4S. The molecule has 2 unspecified atom stereocenters. The molecule has 4 rings (SSSR count). The van der Waals surface area contributed by atoms with Crippen molar-refractivity contribution in [2.45, 2.75) is 45.9 Å². The summed E-state index contributed by atoms with van der Waals surface area (Å²) in [6.07, 6.45) is -0.947. The van der Waals surface area contributed by atoms with Gasteiger partial charge in [0, 0.05) is 16.5 Å². The predicted molar refractivity (Wildman–Crippen MR) is 121 cm³/mol. The van der Waals surface area contributed by atoms with Gasteiger partial charge in [-0.15, -0.1) is 11.3 Å². The number of hydrogen-bond acceptors (Lipinski definition) is 6. The van der Waals surface area contributed by atoms with Gasteiger partial charge in [0.05, 0.1) is 17.5 Å². The van der Waals surface area contributed by atoms with Crippen molar-refractivity contribution in [3.05, 3.63) is 53.9 Å². The first-order chi connectivity index (χ1) is 14.8. The number of esters is 1. The molecule has 0 saturated carbocycles. The molecule has 0 bridgehead atoms. The molecule has 160 valence electrons. The zero-order valence-electron chi connectivity index (χ0n) is 17.9. The van der Waals surface area contributed by atoms with E-state index in [9.17, 15) is 9.59 Å². The Bertz CT molecular complexity index is 1110. The van der Waals surface area contributed by atoms with Gasteiger partial charge in [-0.25, -0.2) is 9.78 Å². The summed E-state index contributed by atoms with van der Waals surface area (Å²) < 4.78 is 11.1. The number of thiazole rings is 1. The first kappa shape index (κ1) is 21.1. The molecule has 0 spiro atoms. The van der Waals surface area contributed by atoms with Crippen LogP contribution in [0.5, 0.6) is 5.75 Å². The first-order valence-electron chi connectivity index (χ1n) is 10.2. The number of anilines is 1. The topological polar surface area (TPSA) is 68.7 Å². The van der Waals surface area contributed by atoms with Gasteiger partial charge in [0.1, 0.15) is 16.8 Å². The molecule has 1 amide bonds. The molecule has 7 heteroatoms. The van der Waals surface area contributed by atoms with Gasteiger partial charge in [0.15, 0.2) is 6.10 Å². The van der Waals surface area contributed by atoms with Crippen LogP contribution in [0.1, 0.15) is 27.7 Å². The molecule has 1 aliphatic heterocycles. The van der Waals surface area contributed by atoms with Crippen molar-refractivity contribution in [2.75, 3.05) is 4.90 Å². The Kier molecular flexibility index (Phi) is 5.78. The van der Waals surface area contributed by atoms with E-state index in [0.29, 0.717) is 11.4 Å². The number of hydrogen-bond donors (Lipinski definition) is 0. The zero-order valence-corrected chi connectivity index (χ0v) is 18.7. The minimum atomic E-state index is -0.773. The van der Waals surface area contributed by atoms with Gasteiger partial charge in [0.2, 0.25) is 0 Å². The largest absolute Gasteiger partial charge is 0.479 e. The highest BCUT2D eigenvalue weighted by Crippen LogP contribution is 2.39. The molecule has 2 heterocycles. The average molecular weight is 437 g/mol. The lowest BCUT2D eigenvalue weighted by molar-refractivity contribution is -0.150. The fourth-order valence-electron chi connectivity index (χ4n) is 3.48. The Morgan fingerprint density at radius 3 is 2.58 bits per heavy atom. The fourth-order valence-corrected chi connectivity index (χ4v) is 4.31. The van der Waals surface area contributed by atoms with E-state index in [2.05, 4.69) is 0 Å². The van der Waals surface area contributed by atoms with Crippen molar-refractivity contribution >= 4 is 28.9 Å². The van der Waals surface area contributed by atoms with Crippen LogP contribution in [-0.2, 0) is 14.3 Å². The third-order valence-electron chi connectivity index (χ3n) is 5.01. The second kappa shape index (κ2) is 8.51. The quantitative estimate of drug-likeness (QED) is 0.531. The van der Waals surface area contributed by atoms with Gasteiger partial charge in [-0.2, -0.15) is 0 Å². The van der Waals surface area contributed by atoms with Gasteiger partial charge < -0.3 is 9.47 Å². The van der Waals surface area contributed by atoms with Crippen LogP contribution in [0, 0.1) is 0 Å². The maximum Gasteiger partial charge on any atom is 0.329 e. The van der Waals surface area contributed by atoms with Gasteiger partial charge in [0.25, 0.3) is 5.91 Å². The minimum Gasteiger partial charge on any atom is -0.479 e. The van der Waals surface area contributed by atoms with Crippen molar-refractivity contribution in [1.82, 2.24) is 4.98 Å². The third kappa shape index (κ3) is 4.18. The normalized spacial score (nSPS) is 16.6. The van der Waals surface area contributed by atoms with Crippen LogP contribution in [0.4, 0.5) is 5.69 Å². The smallest absolute Gasteiger partial charge is 0.329 e. The maximum atomic E-state index is 12.9. The van der Waals surface area contributed by atoms with E-state index in [1.807, 2.05) is 53.9 Å². The fraction of sp³-hybridized carbons (Fsp3) is 0.292. The second-order valence-electron chi connectivity index (χ2n) is 7.72. The number of aromatic nitrogens is 1. The Labute approximate surface area is 185 Å². The Balaban J connectivity index is 1.71. The molecule has 1 aliphatic rings. The maximum absolute atomic E-state index is 12.9. The summed E-state index contributed by atoms with van der Waals surface area (Å²) in [5, 5.41) is 2.90. The summed E-state index contributed by atoms with van der Waals surface area (Å²) >= 11 is 1.56. The minimum absolute atomic E-state index is 0.263. The number of carbonyl (C=O) groups is 2. The molecule has 3 aromatic rings. The zero-order chi connectivity index (χ0) is 22.1. The second-order valence-corrected chi connectivity index (χ2v) is 8.57. The van der Waals surface area contributed by atoms with E-state index in [-0.39, 0.29) is 12.0 Å². The molecule has 2 aromatic carbocycles. The molecular weight excluding hydrogens is 412 g/mol. The van der Waals surface area contributed by atoms with E-state index < -0.39 is 18.1 Å². The Morgan fingerprint density at radius 1 is 1.13 bits per heavy atom. The van der Waals surface area contributed by atoms with Crippen LogP contribution in [0.15, 0.2) is 53.9 Å². The lowest BCUT2D eigenvalue weighted by Crippen LogP contribution is -2.52. The van der Waals surface area contributed by atoms with Crippen molar-refractivity contribution in [3.8, 4) is 27.6 Å². The van der Waals surface area contributed by atoms with Crippen molar-refractivity contribution in [2.24, 2.45) is 0 Å². The molecule has 0 N–H and O–H groups in total. The summed E-state index contributed by atoms with van der Waals surface area (Å²) in [4.78, 5) is 31.7. The van der Waals surface area contributed by atoms with Crippen LogP contribution in [0.25, 0.3) is 21.8 Å². The molecule has 0 fully saturated rings. The Hall–Kier alpha value is -3.19. The molecule has 0 saturated heterocycles. The van der Waals surface area contributed by atoms with Crippen LogP contribution < -0.4 is 9.64 Å². The number of rotatable bonds is 5. The number of nitrogens with zero attached hydrogens (tertiary/aromatic N) is 2. The number of ether oxygens (including phenoxy) is 2. The predicted octanol–water partition coefficient (Wildman–Crippen LogP) is 4.93. The highest BCUT2D eigenvalue weighted by molar-refractivity contribution is 7.13. The molecule has 31 heavy (non-hydrogen) atoms. The molecule has 2 atom stereocenters. The van der Waals surface area contributed by atoms with Crippen molar-refractivity contribution in [1.29, 1.82) is 0 Å². The van der Waals surface area contributed by atoms with E-state index >= 15 is 0 Å². The van der Waals surface area contributed by atoms with Gasteiger partial charge in [-0.3, -0.25) is 9.69 Å². The van der Waals surface area contributed by atoms with Gasteiger partial charge in [-0.05, 0) is 45.9 Å². The van der Waals surface area contributed by atoms with Crippen LogP contribution in [-0.4, -0.2) is 35.1 Å². The van der Waals surface area contributed by atoms with Crippen molar-refractivity contribution in [3.63, 3.8) is 0 Å². The molecule has 0 radical (unpaired) electrons. The van der Waals surface area contributed by atoms with E-state index in [0.717, 1.165) is 21.8 Å². The SMILES string of the molecule is CC(C)OC(=O)C(C)N1C(=O)C(C)Oc2ccc(-c3csc(-c4ccccc4)n3)cc21. The Morgan fingerprint density at radius 2 is 1.87 bits per heavy atom. The van der Waals surface area contributed by atoms with E-state index in [1.54, 1.807) is 39.0 Å². The van der Waals surface area contributed by atoms with E-state index in [4.69, 9.17) is 14.5 Å². The summed E-state index contributed by atoms with van der Waals surface area (Å²) in [5.74, 6) is -0.173. The highest BCUT2D eigenvalue weighted by Gasteiger charge is 2.38. The molecule has 6 nitrogen and oxygen atoms in total. The number of fused-ring (bicyclic) bond motifs is 1. The third-order valence-corrected chi connectivity index (χ3v) is 5.90. The lowest BCUT2D eigenvalue weighted by atomic mass is 10.1. The summed E-state index contributed by atoms with van der Waals surface area (Å²) in [6.45, 7) is 6.92. The monoisotopic (exact) mass is 436 g/mol. The standard InChI is InChI=1S/C24H24N2O4S/c1-14(2)29-24(28)15(3)26-20-12-18(10-11-21(20)30-16(4)23(26)27)19-13-31-22(25-19)17-8-6-5-7-9-17/h5-16H,1-4H3. The highest BCUT2D eigenvalue weighted by atomic mass is 32.1. The number of amides is 1. The molecule has 1 aromatic heterocycles. The van der Waals surface area contributed by atoms with Gasteiger partial charge in [-0.1, -0.05) is 30.3 Å². The van der Waals surface area contributed by atoms with Crippen LogP contribution >= 0.6 is 11.3 Å². The lowest BCUT2D eigenvalue weighted by Gasteiger charge is -2.36.